The zero-order valence-electron chi connectivity index (χ0n) is 17.0. The van der Waals surface area contributed by atoms with Crippen molar-refractivity contribution < 1.29 is 9.59 Å². The summed E-state index contributed by atoms with van der Waals surface area (Å²) in [5, 5.41) is 12.9. The van der Waals surface area contributed by atoms with Gasteiger partial charge in [0.25, 0.3) is 5.91 Å². The molecule has 0 radical (unpaired) electrons. The summed E-state index contributed by atoms with van der Waals surface area (Å²) in [6.45, 7) is 3.86. The molecule has 1 heterocycles. The number of nitrogens with two attached hydrogens (primary N) is 1. The Morgan fingerprint density at radius 1 is 1.10 bits per heavy atom. The lowest BCUT2D eigenvalue weighted by molar-refractivity contribution is -0.122. The summed E-state index contributed by atoms with van der Waals surface area (Å²) in [6, 6.07) is 18.0. The van der Waals surface area contributed by atoms with Crippen LogP contribution in [-0.4, -0.2) is 28.7 Å². The van der Waals surface area contributed by atoms with Gasteiger partial charge in [-0.3, -0.25) is 15.0 Å². The molecule has 7 nitrogen and oxygen atoms in total. The summed E-state index contributed by atoms with van der Waals surface area (Å²) in [5.74, 6) is -0.629. The van der Waals surface area contributed by atoms with Crippen molar-refractivity contribution in [2.24, 2.45) is 5.73 Å². The first-order chi connectivity index (χ1) is 14.3. The van der Waals surface area contributed by atoms with Crippen LogP contribution in [0, 0.1) is 12.3 Å². The lowest BCUT2D eigenvalue weighted by Gasteiger charge is -2.14. The van der Waals surface area contributed by atoms with E-state index in [0.29, 0.717) is 17.8 Å². The number of amidine groups is 1. The number of rotatable bonds is 7. The van der Waals surface area contributed by atoms with Crippen LogP contribution in [0.5, 0.6) is 0 Å². The van der Waals surface area contributed by atoms with E-state index < -0.39 is 6.04 Å². The standard InChI is InChI=1S/C23H25N5O2/c1-14-19(17-6-4-3-5-7-17)12-20(27-14)23(30)28-15(2)22(29)26-13-16-8-10-18(11-9-16)21(24)25/h3-12,15,27H,13H2,1-2H3,(H3,24,25)(H,26,29)(H,28,30). The minimum Gasteiger partial charge on any atom is -0.384 e. The molecule has 2 amide bonds. The minimum atomic E-state index is -0.697. The number of amides is 2. The Balaban J connectivity index is 1.57. The number of aromatic amines is 1. The van der Waals surface area contributed by atoms with Crippen LogP contribution in [0.4, 0.5) is 0 Å². The second-order valence-corrected chi connectivity index (χ2v) is 7.11. The average Bonchev–Trinajstić information content (AvgIpc) is 3.14. The highest BCUT2D eigenvalue weighted by Crippen LogP contribution is 2.24. The number of nitrogens with one attached hydrogen (secondary N) is 4. The summed E-state index contributed by atoms with van der Waals surface area (Å²) >= 11 is 0. The van der Waals surface area contributed by atoms with Gasteiger partial charge >= 0.3 is 0 Å². The third-order valence-electron chi connectivity index (χ3n) is 4.82. The highest BCUT2D eigenvalue weighted by Gasteiger charge is 2.19. The summed E-state index contributed by atoms with van der Waals surface area (Å²) in [6.07, 6.45) is 0. The molecule has 0 saturated carbocycles. The average molecular weight is 403 g/mol. The van der Waals surface area contributed by atoms with E-state index in [9.17, 15) is 9.59 Å². The van der Waals surface area contributed by atoms with Gasteiger partial charge in [0, 0.05) is 23.4 Å². The molecule has 0 aliphatic heterocycles. The summed E-state index contributed by atoms with van der Waals surface area (Å²) in [7, 11) is 0. The van der Waals surface area contributed by atoms with Gasteiger partial charge < -0.3 is 21.4 Å². The number of aromatic nitrogens is 1. The number of carbonyl (C=O) groups excluding carboxylic acids is 2. The number of aryl methyl sites for hydroxylation is 1. The molecule has 1 aromatic heterocycles. The number of hydrogen-bond acceptors (Lipinski definition) is 3. The normalized spacial score (nSPS) is 11.5. The molecule has 7 heteroatoms. The fourth-order valence-electron chi connectivity index (χ4n) is 3.08. The van der Waals surface area contributed by atoms with Crippen LogP contribution < -0.4 is 16.4 Å². The van der Waals surface area contributed by atoms with E-state index in [1.807, 2.05) is 37.3 Å². The topological polar surface area (TPSA) is 124 Å². The molecule has 6 N–H and O–H groups in total. The van der Waals surface area contributed by atoms with Gasteiger partial charge in [-0.15, -0.1) is 0 Å². The van der Waals surface area contributed by atoms with Crippen LogP contribution in [0.15, 0.2) is 60.7 Å². The molecule has 154 valence electrons. The van der Waals surface area contributed by atoms with Gasteiger partial charge in [0.15, 0.2) is 0 Å². The maximum atomic E-state index is 12.6. The molecule has 2 aromatic carbocycles. The van der Waals surface area contributed by atoms with Crippen molar-refractivity contribution in [1.29, 1.82) is 5.41 Å². The van der Waals surface area contributed by atoms with Gasteiger partial charge in [-0.05, 0) is 31.0 Å². The van der Waals surface area contributed by atoms with E-state index >= 15 is 0 Å². The second kappa shape index (κ2) is 9.09. The van der Waals surface area contributed by atoms with Crippen molar-refractivity contribution in [1.82, 2.24) is 15.6 Å². The van der Waals surface area contributed by atoms with E-state index in [1.54, 1.807) is 37.3 Å². The van der Waals surface area contributed by atoms with Crippen LogP contribution in [0.1, 0.15) is 34.2 Å². The van der Waals surface area contributed by atoms with E-state index in [4.69, 9.17) is 11.1 Å². The molecule has 3 aromatic rings. The quantitative estimate of drug-likeness (QED) is 0.308. The second-order valence-electron chi connectivity index (χ2n) is 7.11. The maximum Gasteiger partial charge on any atom is 0.268 e. The lowest BCUT2D eigenvalue weighted by atomic mass is 10.1. The van der Waals surface area contributed by atoms with E-state index in [-0.39, 0.29) is 17.6 Å². The molecule has 1 unspecified atom stereocenters. The Labute approximate surface area is 175 Å². The van der Waals surface area contributed by atoms with Gasteiger partial charge in [-0.1, -0.05) is 54.6 Å². The number of nitrogen functional groups attached to an aromatic ring is 1. The van der Waals surface area contributed by atoms with E-state index in [1.165, 1.54) is 0 Å². The number of benzene rings is 2. The van der Waals surface area contributed by atoms with Crippen molar-refractivity contribution in [3.05, 3.63) is 83.2 Å². The summed E-state index contributed by atoms with van der Waals surface area (Å²) in [4.78, 5) is 28.0. The molecule has 0 aliphatic carbocycles. The molecular weight excluding hydrogens is 378 g/mol. The van der Waals surface area contributed by atoms with Gasteiger partial charge in [0.05, 0.1) is 0 Å². The zero-order valence-corrected chi connectivity index (χ0v) is 17.0. The molecule has 0 fully saturated rings. The van der Waals surface area contributed by atoms with Crippen molar-refractivity contribution in [2.75, 3.05) is 0 Å². The Bertz CT molecular complexity index is 1050. The Kier molecular flexibility index (Phi) is 6.32. The zero-order chi connectivity index (χ0) is 21.7. The monoisotopic (exact) mass is 403 g/mol. The van der Waals surface area contributed by atoms with Crippen molar-refractivity contribution in [2.45, 2.75) is 26.4 Å². The van der Waals surface area contributed by atoms with Crippen LogP contribution >= 0.6 is 0 Å². The Hall–Kier alpha value is -3.87. The first-order valence-electron chi connectivity index (χ1n) is 9.62. The Morgan fingerprint density at radius 2 is 1.77 bits per heavy atom. The highest BCUT2D eigenvalue weighted by molar-refractivity contribution is 5.97. The third kappa shape index (κ3) is 4.94. The largest absolute Gasteiger partial charge is 0.384 e. The Morgan fingerprint density at radius 3 is 2.40 bits per heavy atom. The maximum absolute atomic E-state index is 12.6. The molecule has 0 bridgehead atoms. The first kappa shape index (κ1) is 20.9. The third-order valence-corrected chi connectivity index (χ3v) is 4.82. The fourth-order valence-corrected chi connectivity index (χ4v) is 3.08. The SMILES string of the molecule is Cc1[nH]c(C(=O)NC(C)C(=O)NCc2ccc(C(=N)N)cc2)cc1-c1ccccc1. The first-order valence-corrected chi connectivity index (χ1v) is 9.62. The van der Waals surface area contributed by atoms with Crippen molar-refractivity contribution in [3.8, 4) is 11.1 Å². The van der Waals surface area contributed by atoms with Gasteiger partial charge in [0.2, 0.25) is 5.91 Å². The molecule has 30 heavy (non-hydrogen) atoms. The molecular formula is C23H25N5O2. The minimum absolute atomic E-state index is 0.00287. The smallest absolute Gasteiger partial charge is 0.268 e. The van der Waals surface area contributed by atoms with Crippen LogP contribution in [-0.2, 0) is 11.3 Å². The molecule has 0 aliphatic rings. The number of H-pyrrole nitrogens is 1. The van der Waals surface area contributed by atoms with Crippen LogP contribution in [0.3, 0.4) is 0 Å². The summed E-state index contributed by atoms with van der Waals surface area (Å²) < 4.78 is 0. The van der Waals surface area contributed by atoms with Crippen molar-refractivity contribution >= 4 is 17.6 Å². The lowest BCUT2D eigenvalue weighted by Crippen LogP contribution is -2.44. The molecule has 0 spiro atoms. The fraction of sp³-hybridized carbons (Fsp3) is 0.174. The summed E-state index contributed by atoms with van der Waals surface area (Å²) in [5.41, 5.74) is 10.2. The predicted molar refractivity (Wildman–Crippen MR) is 117 cm³/mol. The van der Waals surface area contributed by atoms with Crippen LogP contribution in [0.25, 0.3) is 11.1 Å². The predicted octanol–water partition coefficient (Wildman–Crippen LogP) is 2.71. The highest BCUT2D eigenvalue weighted by atomic mass is 16.2. The van der Waals surface area contributed by atoms with Crippen molar-refractivity contribution in [3.63, 3.8) is 0 Å². The number of carbonyl (C=O) groups is 2. The van der Waals surface area contributed by atoms with Gasteiger partial charge in [-0.2, -0.15) is 0 Å². The van der Waals surface area contributed by atoms with Gasteiger partial charge in [0.1, 0.15) is 17.6 Å². The van der Waals surface area contributed by atoms with Gasteiger partial charge in [-0.25, -0.2) is 0 Å². The number of hydrogen-bond donors (Lipinski definition) is 5. The molecule has 1 atom stereocenters. The van der Waals surface area contributed by atoms with E-state index in [0.717, 1.165) is 22.4 Å². The van der Waals surface area contributed by atoms with Crippen LogP contribution in [0.2, 0.25) is 0 Å². The molecule has 3 rings (SSSR count). The molecule has 0 saturated heterocycles. The van der Waals surface area contributed by atoms with E-state index in [2.05, 4.69) is 15.6 Å².